The first-order chi connectivity index (χ1) is 17.9. The molecule has 1 amide bonds. The molecule has 0 aromatic heterocycles. The predicted octanol–water partition coefficient (Wildman–Crippen LogP) is 6.56. The highest BCUT2D eigenvalue weighted by molar-refractivity contribution is 6.51. The lowest BCUT2D eigenvalue weighted by Gasteiger charge is -2.26. The van der Waals surface area contributed by atoms with Crippen LogP contribution in [0.2, 0.25) is 0 Å². The van der Waals surface area contributed by atoms with Gasteiger partial charge in [-0.2, -0.15) is 13.2 Å². The molecule has 2 N–H and O–H groups in total. The summed E-state index contributed by atoms with van der Waals surface area (Å²) in [4.78, 5) is 27.6. The topological polar surface area (TPSA) is 87.1 Å². The number of rotatable bonds is 6. The normalized spacial score (nSPS) is 17.3. The van der Waals surface area contributed by atoms with Gasteiger partial charge in [0.1, 0.15) is 17.3 Å². The van der Waals surface area contributed by atoms with Crippen molar-refractivity contribution in [3.05, 3.63) is 94.6 Å². The van der Waals surface area contributed by atoms with Crippen LogP contribution in [0.4, 0.5) is 18.9 Å². The average Bonchev–Trinajstić information content (AvgIpc) is 3.13. The molecule has 9 heteroatoms. The van der Waals surface area contributed by atoms with E-state index in [1.54, 1.807) is 24.3 Å². The number of carbonyl (C=O) groups is 2. The molecule has 1 aliphatic rings. The molecular formula is C29H26F3NO5. The third-order valence-electron chi connectivity index (χ3n) is 6.31. The smallest absolute Gasteiger partial charge is 0.416 e. The summed E-state index contributed by atoms with van der Waals surface area (Å²) < 4.78 is 45.1. The molecule has 3 aromatic carbocycles. The number of phenols is 1. The van der Waals surface area contributed by atoms with Crippen molar-refractivity contribution in [3.63, 3.8) is 0 Å². The Balaban J connectivity index is 1.91. The molecule has 0 radical (unpaired) electrons. The number of aliphatic hydroxyl groups excluding tert-OH is 1. The zero-order chi connectivity index (χ0) is 27.8. The summed E-state index contributed by atoms with van der Waals surface area (Å²) in [7, 11) is 0. The standard InChI is InChI=1S/C29H26F3NO5/c1-4-38-23-13-8-18(15-22(23)16(2)3)26(35)24-25(17-6-5-7-21(34)14-17)33(28(37)27(24)36)20-11-9-19(10-12-20)29(30,31)32/h5-16,25,34-35H,4H2,1-3H3/b26-24-. The SMILES string of the molecule is CCOc1ccc(/C(O)=C2/C(=O)C(=O)N(c3ccc(C(F)(F)F)cc3)C2c2cccc(O)c2)cc1C(C)C. The van der Waals surface area contributed by atoms with E-state index in [4.69, 9.17) is 4.74 Å². The first-order valence-electron chi connectivity index (χ1n) is 12.0. The van der Waals surface area contributed by atoms with E-state index in [0.29, 0.717) is 17.9 Å². The molecule has 0 aliphatic carbocycles. The van der Waals surface area contributed by atoms with Crippen molar-refractivity contribution < 1.29 is 37.7 Å². The number of aromatic hydroxyl groups is 1. The van der Waals surface area contributed by atoms with Gasteiger partial charge in [-0.1, -0.05) is 26.0 Å². The Labute approximate surface area is 217 Å². The van der Waals surface area contributed by atoms with E-state index >= 15 is 0 Å². The van der Waals surface area contributed by atoms with Gasteiger partial charge in [-0.25, -0.2) is 0 Å². The van der Waals surface area contributed by atoms with E-state index < -0.39 is 35.2 Å². The number of carbonyl (C=O) groups excluding carboxylic acids is 2. The van der Waals surface area contributed by atoms with Crippen molar-refractivity contribution in [3.8, 4) is 11.5 Å². The summed E-state index contributed by atoms with van der Waals surface area (Å²) in [5, 5.41) is 21.5. The summed E-state index contributed by atoms with van der Waals surface area (Å²) in [5.74, 6) is -1.99. The zero-order valence-electron chi connectivity index (χ0n) is 20.9. The summed E-state index contributed by atoms with van der Waals surface area (Å²) in [5.41, 5.74) is 0.207. The lowest BCUT2D eigenvalue weighted by molar-refractivity contribution is -0.137. The van der Waals surface area contributed by atoms with Crippen LogP contribution in [-0.2, 0) is 15.8 Å². The van der Waals surface area contributed by atoms with Crippen molar-refractivity contribution >= 4 is 23.1 Å². The van der Waals surface area contributed by atoms with Crippen LogP contribution in [0, 0.1) is 0 Å². The fourth-order valence-electron chi connectivity index (χ4n) is 4.51. The first kappa shape index (κ1) is 26.8. The molecule has 1 atom stereocenters. The fraction of sp³-hybridized carbons (Fsp3) is 0.241. The highest BCUT2D eigenvalue weighted by Gasteiger charge is 2.47. The van der Waals surface area contributed by atoms with Gasteiger partial charge in [-0.15, -0.1) is 0 Å². The first-order valence-corrected chi connectivity index (χ1v) is 12.0. The van der Waals surface area contributed by atoms with Gasteiger partial charge in [0, 0.05) is 11.3 Å². The molecule has 4 rings (SSSR count). The maximum Gasteiger partial charge on any atom is 0.416 e. The molecule has 6 nitrogen and oxygen atoms in total. The summed E-state index contributed by atoms with van der Waals surface area (Å²) >= 11 is 0. The summed E-state index contributed by atoms with van der Waals surface area (Å²) in [6.45, 7) is 6.16. The highest BCUT2D eigenvalue weighted by atomic mass is 19.4. The van der Waals surface area contributed by atoms with Crippen molar-refractivity contribution in [2.24, 2.45) is 0 Å². The third kappa shape index (κ3) is 4.96. The minimum atomic E-state index is -4.58. The zero-order valence-corrected chi connectivity index (χ0v) is 20.9. The van der Waals surface area contributed by atoms with E-state index in [1.165, 1.54) is 18.2 Å². The molecule has 1 fully saturated rings. The van der Waals surface area contributed by atoms with Crippen LogP contribution in [-0.4, -0.2) is 28.5 Å². The Morgan fingerprint density at radius 3 is 2.29 bits per heavy atom. The molecule has 0 saturated carbocycles. The average molecular weight is 526 g/mol. The Hall–Kier alpha value is -4.27. The summed E-state index contributed by atoms with van der Waals surface area (Å²) in [6.07, 6.45) is -4.58. The number of anilines is 1. The van der Waals surface area contributed by atoms with Gasteiger partial charge < -0.3 is 14.9 Å². The fourth-order valence-corrected chi connectivity index (χ4v) is 4.51. The van der Waals surface area contributed by atoms with Crippen molar-refractivity contribution in [1.82, 2.24) is 0 Å². The van der Waals surface area contributed by atoms with Gasteiger partial charge in [-0.05, 0) is 78.6 Å². The number of aliphatic hydroxyl groups is 1. The Morgan fingerprint density at radius 1 is 1.03 bits per heavy atom. The minimum Gasteiger partial charge on any atom is -0.508 e. The van der Waals surface area contributed by atoms with Gasteiger partial charge in [-0.3, -0.25) is 14.5 Å². The van der Waals surface area contributed by atoms with Crippen LogP contribution >= 0.6 is 0 Å². The van der Waals surface area contributed by atoms with Crippen molar-refractivity contribution in [2.45, 2.75) is 38.9 Å². The van der Waals surface area contributed by atoms with Gasteiger partial charge in [0.25, 0.3) is 11.7 Å². The van der Waals surface area contributed by atoms with Gasteiger partial charge in [0.2, 0.25) is 0 Å². The Bertz CT molecular complexity index is 1410. The maximum absolute atomic E-state index is 13.3. The number of nitrogens with zero attached hydrogens (tertiary/aromatic N) is 1. The third-order valence-corrected chi connectivity index (χ3v) is 6.31. The van der Waals surface area contributed by atoms with Crippen LogP contribution in [0.25, 0.3) is 5.76 Å². The number of ketones is 1. The van der Waals surface area contributed by atoms with Crippen molar-refractivity contribution in [2.75, 3.05) is 11.5 Å². The lowest BCUT2D eigenvalue weighted by Crippen LogP contribution is -2.29. The second-order valence-electron chi connectivity index (χ2n) is 9.15. The number of alkyl halides is 3. The Morgan fingerprint density at radius 2 is 1.71 bits per heavy atom. The van der Waals surface area contributed by atoms with Crippen LogP contribution in [0.3, 0.4) is 0 Å². The number of hydrogen-bond acceptors (Lipinski definition) is 5. The number of hydrogen-bond donors (Lipinski definition) is 2. The highest BCUT2D eigenvalue weighted by Crippen LogP contribution is 2.44. The predicted molar refractivity (Wildman–Crippen MR) is 136 cm³/mol. The molecule has 0 spiro atoms. The number of Topliss-reactive ketones (excluding diaryl/α,β-unsaturated/α-hetero) is 1. The van der Waals surface area contributed by atoms with Crippen LogP contribution in [0.15, 0.2) is 72.3 Å². The summed E-state index contributed by atoms with van der Waals surface area (Å²) in [6, 6.07) is 13.3. The van der Waals surface area contributed by atoms with E-state index in [-0.39, 0.29) is 28.5 Å². The molecule has 38 heavy (non-hydrogen) atoms. The van der Waals surface area contributed by atoms with E-state index in [1.807, 2.05) is 20.8 Å². The molecule has 3 aromatic rings. The number of ether oxygens (including phenoxy) is 1. The largest absolute Gasteiger partial charge is 0.508 e. The quantitative estimate of drug-likeness (QED) is 0.216. The van der Waals surface area contributed by atoms with E-state index in [2.05, 4.69) is 0 Å². The van der Waals surface area contributed by atoms with E-state index in [9.17, 15) is 33.0 Å². The molecular weight excluding hydrogens is 499 g/mol. The molecule has 198 valence electrons. The van der Waals surface area contributed by atoms with E-state index in [0.717, 1.165) is 34.7 Å². The number of halogens is 3. The lowest BCUT2D eigenvalue weighted by atomic mass is 9.93. The Kier molecular flexibility index (Phi) is 7.22. The second kappa shape index (κ2) is 10.2. The molecule has 1 saturated heterocycles. The molecule has 1 heterocycles. The van der Waals surface area contributed by atoms with Gasteiger partial charge >= 0.3 is 6.18 Å². The van der Waals surface area contributed by atoms with Gasteiger partial charge in [0.05, 0.1) is 23.8 Å². The molecule has 1 aliphatic heterocycles. The molecule has 0 bridgehead atoms. The van der Waals surface area contributed by atoms with Crippen LogP contribution in [0.5, 0.6) is 11.5 Å². The molecule has 1 unspecified atom stereocenters. The van der Waals surface area contributed by atoms with Crippen LogP contribution < -0.4 is 9.64 Å². The van der Waals surface area contributed by atoms with Crippen LogP contribution in [0.1, 0.15) is 55.0 Å². The minimum absolute atomic E-state index is 0.0146. The number of phenolic OH excluding ortho intramolecular Hbond substituents is 1. The van der Waals surface area contributed by atoms with Crippen molar-refractivity contribution in [1.29, 1.82) is 0 Å². The monoisotopic (exact) mass is 525 g/mol. The number of benzene rings is 3. The van der Waals surface area contributed by atoms with Gasteiger partial charge in [0.15, 0.2) is 0 Å². The maximum atomic E-state index is 13.3. The second-order valence-corrected chi connectivity index (χ2v) is 9.15. The number of amides is 1.